The Morgan fingerprint density at radius 3 is 2.37 bits per heavy atom. The Labute approximate surface area is 155 Å². The highest BCUT2D eigenvalue weighted by molar-refractivity contribution is 6.09. The molecule has 3 aromatic rings. The number of anilines is 2. The summed E-state index contributed by atoms with van der Waals surface area (Å²) >= 11 is 0. The fourth-order valence-electron chi connectivity index (χ4n) is 3.10. The number of aromatic nitrogens is 2. The lowest BCUT2D eigenvalue weighted by atomic mass is 10.1. The molecule has 2 heterocycles. The third-order valence-electron chi connectivity index (χ3n) is 4.34. The molecule has 136 valence electrons. The monoisotopic (exact) mass is 361 g/mol. The molecule has 2 amide bonds. The van der Waals surface area contributed by atoms with Crippen molar-refractivity contribution in [3.05, 3.63) is 76.6 Å². The number of hydrogen-bond donors (Lipinski definition) is 3. The van der Waals surface area contributed by atoms with E-state index in [4.69, 9.17) is 0 Å². The largest absolute Gasteiger partial charge is 0.324 e. The highest BCUT2D eigenvalue weighted by atomic mass is 16.2. The smallest absolute Gasteiger partial charge is 0.308 e. The summed E-state index contributed by atoms with van der Waals surface area (Å²) in [6.07, 6.45) is 1.62. The number of aromatic amines is 1. The normalized spacial score (nSPS) is 13.3. The molecular weight excluding hydrogens is 342 g/mol. The number of carbonyl (C=O) groups excluding carboxylic acids is 1. The van der Waals surface area contributed by atoms with Gasteiger partial charge in [0.15, 0.2) is 0 Å². The zero-order chi connectivity index (χ0) is 18.6. The Balaban J connectivity index is 1.68. The molecule has 0 aliphatic carbocycles. The molecule has 0 saturated heterocycles. The van der Waals surface area contributed by atoms with Gasteiger partial charge in [0.05, 0.1) is 11.4 Å². The number of carbonyl (C=O) groups is 1. The van der Waals surface area contributed by atoms with E-state index in [-0.39, 0.29) is 5.56 Å². The first kappa shape index (κ1) is 16.8. The summed E-state index contributed by atoms with van der Waals surface area (Å²) in [5.41, 5.74) is 2.27. The summed E-state index contributed by atoms with van der Waals surface area (Å²) in [6.45, 7) is 0.695. The zero-order valence-electron chi connectivity index (χ0n) is 14.6. The van der Waals surface area contributed by atoms with Gasteiger partial charge >= 0.3 is 6.03 Å². The van der Waals surface area contributed by atoms with E-state index in [0.717, 1.165) is 18.6 Å². The van der Waals surface area contributed by atoms with Gasteiger partial charge in [-0.1, -0.05) is 36.4 Å². The van der Waals surface area contributed by atoms with E-state index in [1.165, 1.54) is 4.68 Å². The van der Waals surface area contributed by atoms with Crippen molar-refractivity contribution in [1.82, 2.24) is 9.78 Å². The summed E-state index contributed by atoms with van der Waals surface area (Å²) in [4.78, 5) is 29.8. The van der Waals surface area contributed by atoms with Crippen LogP contribution in [0.1, 0.15) is 18.4 Å². The minimum atomic E-state index is -0.428. The number of hydrogen-bond acceptors (Lipinski definition) is 3. The number of nitrogens with zero attached hydrogens (tertiary/aromatic N) is 2. The molecule has 0 unspecified atom stereocenters. The van der Waals surface area contributed by atoms with Crippen molar-refractivity contribution in [2.75, 3.05) is 17.2 Å². The van der Waals surface area contributed by atoms with Crippen LogP contribution in [0.25, 0.3) is 5.69 Å². The van der Waals surface area contributed by atoms with Gasteiger partial charge in [0.25, 0.3) is 5.56 Å². The first-order valence-electron chi connectivity index (χ1n) is 8.79. The molecule has 7 nitrogen and oxygen atoms in total. The summed E-state index contributed by atoms with van der Waals surface area (Å²) in [6, 6.07) is 17.9. The molecule has 1 aromatic heterocycles. The van der Waals surface area contributed by atoms with Crippen LogP contribution < -0.4 is 16.2 Å². The maximum atomic E-state index is 13.0. The molecule has 0 saturated carbocycles. The molecule has 1 aliphatic rings. The van der Waals surface area contributed by atoms with Crippen LogP contribution in [0.15, 0.2) is 70.5 Å². The Hall–Kier alpha value is -3.61. The number of amides is 2. The van der Waals surface area contributed by atoms with Crippen LogP contribution in [-0.2, 0) is 0 Å². The third-order valence-corrected chi connectivity index (χ3v) is 4.34. The lowest BCUT2D eigenvalue weighted by Crippen LogP contribution is -2.22. The first-order chi connectivity index (χ1) is 13.2. The number of H-pyrrole nitrogens is 1. The van der Waals surface area contributed by atoms with Gasteiger partial charge in [0.1, 0.15) is 11.4 Å². The molecule has 0 fully saturated rings. The fourth-order valence-corrected chi connectivity index (χ4v) is 3.10. The van der Waals surface area contributed by atoms with Gasteiger partial charge in [-0.3, -0.25) is 20.2 Å². The maximum Gasteiger partial charge on any atom is 0.324 e. The van der Waals surface area contributed by atoms with Gasteiger partial charge in [0, 0.05) is 12.2 Å². The predicted octanol–water partition coefficient (Wildman–Crippen LogP) is 3.39. The highest BCUT2D eigenvalue weighted by Gasteiger charge is 2.23. The van der Waals surface area contributed by atoms with Gasteiger partial charge in [0.2, 0.25) is 0 Å². The van der Waals surface area contributed by atoms with E-state index >= 15 is 0 Å². The number of para-hydroxylation sites is 2. The van der Waals surface area contributed by atoms with E-state index in [2.05, 4.69) is 20.7 Å². The van der Waals surface area contributed by atoms with E-state index in [0.29, 0.717) is 29.3 Å². The minimum absolute atomic E-state index is 0.225. The number of urea groups is 1. The standard InChI is InChI=1S/C20H19N5O2/c26-19-17(16-12-7-13-21-16)18(24-25(19)15-10-5-2-6-11-15)23-20(27)22-14-8-3-1-4-9-14/h1-6,8-11,24H,7,12-13H2,(H2,22,23,27). The molecule has 0 atom stereocenters. The van der Waals surface area contributed by atoms with Crippen molar-refractivity contribution < 1.29 is 4.79 Å². The van der Waals surface area contributed by atoms with Crippen LogP contribution in [-0.4, -0.2) is 28.1 Å². The van der Waals surface area contributed by atoms with Crippen molar-refractivity contribution in [3.8, 4) is 5.69 Å². The Morgan fingerprint density at radius 2 is 1.70 bits per heavy atom. The van der Waals surface area contributed by atoms with E-state index in [9.17, 15) is 9.59 Å². The zero-order valence-corrected chi connectivity index (χ0v) is 14.6. The van der Waals surface area contributed by atoms with Crippen LogP contribution in [0, 0.1) is 0 Å². The second-order valence-electron chi connectivity index (χ2n) is 6.22. The Bertz CT molecular complexity index is 1040. The molecule has 2 aromatic carbocycles. The Kier molecular flexibility index (Phi) is 4.57. The molecule has 4 rings (SSSR count). The highest BCUT2D eigenvalue weighted by Crippen LogP contribution is 2.19. The summed E-state index contributed by atoms with van der Waals surface area (Å²) in [7, 11) is 0. The van der Waals surface area contributed by atoms with Crippen molar-refractivity contribution in [2.45, 2.75) is 12.8 Å². The number of benzene rings is 2. The second kappa shape index (κ2) is 7.33. The van der Waals surface area contributed by atoms with E-state index < -0.39 is 6.03 Å². The maximum absolute atomic E-state index is 13.0. The van der Waals surface area contributed by atoms with E-state index in [1.807, 2.05) is 48.5 Å². The average Bonchev–Trinajstić information content (AvgIpc) is 3.31. The van der Waals surface area contributed by atoms with Crippen molar-refractivity contribution in [3.63, 3.8) is 0 Å². The summed E-state index contributed by atoms with van der Waals surface area (Å²) in [5, 5.41) is 8.53. The molecule has 27 heavy (non-hydrogen) atoms. The van der Waals surface area contributed by atoms with Crippen LogP contribution in [0.4, 0.5) is 16.3 Å². The van der Waals surface area contributed by atoms with Crippen LogP contribution in [0.3, 0.4) is 0 Å². The van der Waals surface area contributed by atoms with Crippen molar-refractivity contribution in [2.24, 2.45) is 4.99 Å². The van der Waals surface area contributed by atoms with Gasteiger partial charge < -0.3 is 5.32 Å². The lowest BCUT2D eigenvalue weighted by molar-refractivity contribution is 0.262. The van der Waals surface area contributed by atoms with Crippen LogP contribution >= 0.6 is 0 Å². The summed E-state index contributed by atoms with van der Waals surface area (Å²) in [5.74, 6) is 0.345. The van der Waals surface area contributed by atoms with Gasteiger partial charge in [-0.15, -0.1) is 0 Å². The van der Waals surface area contributed by atoms with Gasteiger partial charge in [-0.25, -0.2) is 9.48 Å². The van der Waals surface area contributed by atoms with Gasteiger partial charge in [-0.2, -0.15) is 0 Å². The number of rotatable bonds is 4. The van der Waals surface area contributed by atoms with Crippen molar-refractivity contribution in [1.29, 1.82) is 0 Å². The third kappa shape index (κ3) is 3.52. The van der Waals surface area contributed by atoms with E-state index in [1.54, 1.807) is 12.1 Å². The first-order valence-corrected chi connectivity index (χ1v) is 8.79. The number of aliphatic imine (C=N–C) groups is 1. The second-order valence-corrected chi connectivity index (χ2v) is 6.22. The predicted molar refractivity (Wildman–Crippen MR) is 106 cm³/mol. The molecule has 0 spiro atoms. The van der Waals surface area contributed by atoms with Gasteiger partial charge in [-0.05, 0) is 37.1 Å². The molecule has 1 aliphatic heterocycles. The SMILES string of the molecule is O=C(Nc1ccccc1)Nc1[nH]n(-c2ccccc2)c(=O)c1C1=NCCC1. The topological polar surface area (TPSA) is 91.3 Å². The minimum Gasteiger partial charge on any atom is -0.308 e. The summed E-state index contributed by atoms with van der Waals surface area (Å²) < 4.78 is 1.42. The van der Waals surface area contributed by atoms with Crippen LogP contribution in [0.2, 0.25) is 0 Å². The fraction of sp³-hybridized carbons (Fsp3) is 0.150. The molecule has 3 N–H and O–H groups in total. The van der Waals surface area contributed by atoms with Crippen LogP contribution in [0.5, 0.6) is 0 Å². The quantitative estimate of drug-likeness (QED) is 0.665. The lowest BCUT2D eigenvalue weighted by Gasteiger charge is -2.07. The molecule has 0 radical (unpaired) electrons. The van der Waals surface area contributed by atoms with Crippen molar-refractivity contribution >= 4 is 23.2 Å². The Morgan fingerprint density at radius 1 is 1.00 bits per heavy atom. The molecule has 7 heteroatoms. The number of nitrogens with one attached hydrogen (secondary N) is 3. The molecular formula is C20H19N5O2. The average molecular weight is 361 g/mol. The molecule has 0 bridgehead atoms.